The first kappa shape index (κ1) is 21.4. The fourth-order valence-corrected chi connectivity index (χ4v) is 3.76. The predicted molar refractivity (Wildman–Crippen MR) is 110 cm³/mol. The Bertz CT molecular complexity index is 886. The third-order valence-electron chi connectivity index (χ3n) is 3.49. The molecule has 0 spiro atoms. The average molecular weight is 468 g/mol. The first-order valence-electron chi connectivity index (χ1n) is 8.02. The molecule has 0 saturated carbocycles. The molecule has 0 aliphatic heterocycles. The number of hydrazone groups is 1. The van der Waals surface area contributed by atoms with E-state index >= 15 is 0 Å². The van der Waals surface area contributed by atoms with E-state index in [9.17, 15) is 14.4 Å². The van der Waals surface area contributed by atoms with Crippen LogP contribution in [0.2, 0.25) is 0 Å². The molecular formula is C17H18BrN5O4S. The van der Waals surface area contributed by atoms with Gasteiger partial charge in [-0.05, 0) is 46.3 Å². The fraction of sp³-hybridized carbons (Fsp3) is 0.176. The molecular weight excluding hydrogens is 450 g/mol. The second-order valence-corrected chi connectivity index (χ2v) is 8.04. The largest absolute Gasteiger partial charge is 0.481 e. The number of carboxylic acid groups (broad SMARTS) is 1. The molecule has 1 atom stereocenters. The van der Waals surface area contributed by atoms with E-state index in [1.54, 1.807) is 36.4 Å². The number of carbonyl (C=O) groups is 3. The molecule has 0 aliphatic carbocycles. The Morgan fingerprint density at radius 2 is 2.07 bits per heavy atom. The van der Waals surface area contributed by atoms with Crippen LogP contribution in [-0.2, 0) is 9.59 Å². The zero-order valence-corrected chi connectivity index (χ0v) is 16.9. The molecule has 0 fully saturated rings. The van der Waals surface area contributed by atoms with E-state index in [1.807, 2.05) is 0 Å². The first-order valence-corrected chi connectivity index (χ1v) is 9.63. The Morgan fingerprint density at radius 1 is 1.29 bits per heavy atom. The Balaban J connectivity index is 1.94. The second-order valence-electron chi connectivity index (χ2n) is 5.55. The standard InChI is InChI=1S/C17H18BrN5O4S/c18-14-5-4-13(28-14)12(7-16(25)26)23-15(24)8-20-17(27)10-2-1-3-11(6-10)21-9-22-19/h1-6,9,12H,7-8,19H2,(H,20,27)(H,21,22)(H,23,24)(H,25,26). The zero-order valence-electron chi connectivity index (χ0n) is 14.5. The summed E-state index contributed by atoms with van der Waals surface area (Å²) in [5.41, 5.74) is 0.948. The number of carboxylic acids is 1. The quantitative estimate of drug-likeness (QED) is 0.164. The van der Waals surface area contributed by atoms with E-state index in [1.165, 1.54) is 17.7 Å². The lowest BCUT2D eigenvalue weighted by Crippen LogP contribution is -2.39. The molecule has 0 saturated heterocycles. The van der Waals surface area contributed by atoms with Crippen molar-refractivity contribution in [1.82, 2.24) is 10.6 Å². The van der Waals surface area contributed by atoms with Gasteiger partial charge in [0.15, 0.2) is 0 Å². The van der Waals surface area contributed by atoms with Crippen LogP contribution in [0.5, 0.6) is 0 Å². The van der Waals surface area contributed by atoms with Gasteiger partial charge < -0.3 is 26.9 Å². The van der Waals surface area contributed by atoms with Gasteiger partial charge in [-0.3, -0.25) is 14.4 Å². The fourth-order valence-electron chi connectivity index (χ4n) is 2.28. The molecule has 28 heavy (non-hydrogen) atoms. The Kier molecular flexibility index (Phi) is 7.96. The highest BCUT2D eigenvalue weighted by molar-refractivity contribution is 9.11. The number of nitrogens with zero attached hydrogens (tertiary/aromatic N) is 1. The maximum atomic E-state index is 12.2. The number of nitrogens with two attached hydrogens (primary N) is 1. The van der Waals surface area contributed by atoms with Gasteiger partial charge >= 0.3 is 5.97 Å². The number of nitrogens with one attached hydrogen (secondary N) is 3. The van der Waals surface area contributed by atoms with Gasteiger partial charge in [0.2, 0.25) is 5.91 Å². The van der Waals surface area contributed by atoms with Gasteiger partial charge in [0.25, 0.3) is 5.91 Å². The number of amides is 2. The number of aliphatic carboxylic acids is 1. The van der Waals surface area contributed by atoms with E-state index < -0.39 is 23.8 Å². The highest BCUT2D eigenvalue weighted by atomic mass is 79.9. The summed E-state index contributed by atoms with van der Waals surface area (Å²) in [6.45, 7) is -0.288. The molecule has 0 aliphatic rings. The van der Waals surface area contributed by atoms with Gasteiger partial charge in [0, 0.05) is 16.1 Å². The Hall–Kier alpha value is -2.92. The summed E-state index contributed by atoms with van der Waals surface area (Å²) in [5, 5.41) is 20.3. The van der Waals surface area contributed by atoms with Crippen molar-refractivity contribution in [2.45, 2.75) is 12.5 Å². The van der Waals surface area contributed by atoms with Gasteiger partial charge in [-0.15, -0.1) is 11.3 Å². The molecule has 1 unspecified atom stereocenters. The van der Waals surface area contributed by atoms with Crippen molar-refractivity contribution < 1.29 is 19.5 Å². The second kappa shape index (κ2) is 10.4. The third-order valence-corrected chi connectivity index (χ3v) is 5.23. The average Bonchev–Trinajstić information content (AvgIpc) is 3.10. The number of carbonyl (C=O) groups excluding carboxylic acids is 2. The molecule has 2 rings (SSSR count). The van der Waals surface area contributed by atoms with E-state index in [4.69, 9.17) is 10.9 Å². The smallest absolute Gasteiger partial charge is 0.305 e. The topological polar surface area (TPSA) is 146 Å². The van der Waals surface area contributed by atoms with Crippen molar-refractivity contribution in [2.75, 3.05) is 11.9 Å². The number of hydrogen-bond donors (Lipinski definition) is 5. The van der Waals surface area contributed by atoms with Crippen LogP contribution in [0.4, 0.5) is 5.69 Å². The summed E-state index contributed by atoms with van der Waals surface area (Å²) in [4.78, 5) is 36.2. The number of anilines is 1. The number of halogens is 1. The van der Waals surface area contributed by atoms with Crippen molar-refractivity contribution in [1.29, 1.82) is 0 Å². The minimum atomic E-state index is -1.04. The first-order chi connectivity index (χ1) is 13.4. The van der Waals surface area contributed by atoms with E-state index in [2.05, 4.69) is 37.0 Å². The zero-order chi connectivity index (χ0) is 20.5. The van der Waals surface area contributed by atoms with Crippen LogP contribution < -0.4 is 21.8 Å². The highest BCUT2D eigenvalue weighted by Gasteiger charge is 2.20. The number of benzene rings is 1. The van der Waals surface area contributed by atoms with Crippen molar-refractivity contribution in [3.63, 3.8) is 0 Å². The van der Waals surface area contributed by atoms with Crippen molar-refractivity contribution >= 4 is 57.1 Å². The van der Waals surface area contributed by atoms with Gasteiger partial charge in [0.05, 0.1) is 22.8 Å². The molecule has 1 aromatic heterocycles. The van der Waals surface area contributed by atoms with E-state index in [0.29, 0.717) is 16.1 Å². The third kappa shape index (κ3) is 6.67. The van der Waals surface area contributed by atoms with Crippen LogP contribution in [0.1, 0.15) is 27.7 Å². The van der Waals surface area contributed by atoms with Gasteiger partial charge in [-0.1, -0.05) is 6.07 Å². The molecule has 2 amide bonds. The predicted octanol–water partition coefficient (Wildman–Crippen LogP) is 1.89. The van der Waals surface area contributed by atoms with Gasteiger partial charge in [-0.25, -0.2) is 0 Å². The summed E-state index contributed by atoms with van der Waals surface area (Å²) in [5.74, 6) is 3.04. The van der Waals surface area contributed by atoms with Crippen LogP contribution >= 0.6 is 27.3 Å². The van der Waals surface area contributed by atoms with Crippen LogP contribution in [0.25, 0.3) is 0 Å². The molecule has 11 heteroatoms. The van der Waals surface area contributed by atoms with Crippen LogP contribution in [0.3, 0.4) is 0 Å². The van der Waals surface area contributed by atoms with Gasteiger partial charge in [0.1, 0.15) is 6.34 Å². The molecule has 0 radical (unpaired) electrons. The molecule has 0 bridgehead atoms. The maximum absolute atomic E-state index is 12.2. The van der Waals surface area contributed by atoms with Crippen LogP contribution in [-0.4, -0.2) is 35.8 Å². The monoisotopic (exact) mass is 467 g/mol. The summed E-state index contributed by atoms with van der Waals surface area (Å²) in [7, 11) is 0. The number of thiophene rings is 1. The minimum absolute atomic E-state index is 0.261. The normalized spacial score (nSPS) is 11.8. The Labute approximate surface area is 173 Å². The van der Waals surface area contributed by atoms with Crippen LogP contribution in [0.15, 0.2) is 45.3 Å². The molecule has 2 aromatic rings. The van der Waals surface area contributed by atoms with Crippen molar-refractivity contribution in [2.24, 2.45) is 10.9 Å². The van der Waals surface area contributed by atoms with Crippen molar-refractivity contribution in [3.8, 4) is 0 Å². The lowest BCUT2D eigenvalue weighted by Gasteiger charge is -2.16. The van der Waals surface area contributed by atoms with Crippen LogP contribution in [0, 0.1) is 0 Å². The van der Waals surface area contributed by atoms with E-state index in [0.717, 1.165) is 3.79 Å². The molecule has 1 aromatic carbocycles. The molecule has 9 nitrogen and oxygen atoms in total. The van der Waals surface area contributed by atoms with Crippen molar-refractivity contribution in [3.05, 3.63) is 50.6 Å². The highest BCUT2D eigenvalue weighted by Crippen LogP contribution is 2.29. The lowest BCUT2D eigenvalue weighted by molar-refractivity contribution is -0.137. The molecule has 6 N–H and O–H groups in total. The summed E-state index contributed by atoms with van der Waals surface area (Å²) in [6, 6.07) is 9.39. The summed E-state index contributed by atoms with van der Waals surface area (Å²) in [6.07, 6.45) is 1.01. The van der Waals surface area contributed by atoms with E-state index in [-0.39, 0.29) is 13.0 Å². The number of rotatable bonds is 9. The SMILES string of the molecule is NN=CNc1cccc(C(=O)NCC(=O)NC(CC(=O)O)c2ccc(Br)s2)c1. The molecule has 1 heterocycles. The minimum Gasteiger partial charge on any atom is -0.481 e. The maximum Gasteiger partial charge on any atom is 0.305 e. The lowest BCUT2D eigenvalue weighted by atomic mass is 10.1. The summed E-state index contributed by atoms with van der Waals surface area (Å²) >= 11 is 4.65. The number of hydrogen-bond acceptors (Lipinski definition) is 6. The molecule has 148 valence electrons. The van der Waals surface area contributed by atoms with Gasteiger partial charge in [-0.2, -0.15) is 5.10 Å². The Morgan fingerprint density at radius 3 is 2.71 bits per heavy atom. The summed E-state index contributed by atoms with van der Waals surface area (Å²) < 4.78 is 0.827.